The number of benzene rings is 1. The summed E-state index contributed by atoms with van der Waals surface area (Å²) in [6.07, 6.45) is 2.03. The largest absolute Gasteiger partial charge is 0.374 e. The number of halogens is 1. The van der Waals surface area contributed by atoms with Crippen LogP contribution >= 0.6 is 15.9 Å². The molecule has 1 atom stereocenters. The van der Waals surface area contributed by atoms with E-state index in [0.717, 1.165) is 42.1 Å². The summed E-state index contributed by atoms with van der Waals surface area (Å²) in [7, 11) is 0. The highest BCUT2D eigenvalue weighted by Gasteiger charge is 2.30. The fourth-order valence-corrected chi connectivity index (χ4v) is 3.39. The molecule has 0 bridgehead atoms. The first-order valence-electron chi connectivity index (χ1n) is 6.65. The Bertz CT molecular complexity index is 432. The SMILES string of the molecule is OC1c2cc(Br)ccc2CN1CC1CCNCC1. The number of piperidine rings is 1. The van der Waals surface area contributed by atoms with Gasteiger partial charge in [0.1, 0.15) is 6.23 Å². The molecule has 2 heterocycles. The zero-order valence-corrected chi connectivity index (χ0v) is 12.0. The van der Waals surface area contributed by atoms with E-state index in [0.29, 0.717) is 0 Å². The summed E-state index contributed by atoms with van der Waals surface area (Å²) in [6.45, 7) is 4.13. The van der Waals surface area contributed by atoms with Crippen molar-refractivity contribution in [3.05, 3.63) is 33.8 Å². The van der Waals surface area contributed by atoms with Gasteiger partial charge < -0.3 is 10.4 Å². The summed E-state index contributed by atoms with van der Waals surface area (Å²) in [6, 6.07) is 6.22. The normalized spacial score (nSPS) is 25.3. The topological polar surface area (TPSA) is 35.5 Å². The molecule has 2 N–H and O–H groups in total. The number of aliphatic hydroxyl groups is 1. The van der Waals surface area contributed by atoms with Crippen LogP contribution in [0.5, 0.6) is 0 Å². The summed E-state index contributed by atoms with van der Waals surface area (Å²) in [5.74, 6) is 0.721. The monoisotopic (exact) mass is 310 g/mol. The summed E-state index contributed by atoms with van der Waals surface area (Å²) in [5.41, 5.74) is 2.33. The summed E-state index contributed by atoms with van der Waals surface area (Å²) in [5, 5.41) is 13.8. The molecule has 1 aromatic carbocycles. The lowest BCUT2D eigenvalue weighted by molar-refractivity contribution is 0.000386. The summed E-state index contributed by atoms with van der Waals surface area (Å²) >= 11 is 3.47. The molecule has 0 aliphatic carbocycles. The van der Waals surface area contributed by atoms with Gasteiger partial charge in [0, 0.05) is 23.1 Å². The second-order valence-electron chi connectivity index (χ2n) is 5.34. The average Bonchev–Trinajstić information content (AvgIpc) is 2.68. The van der Waals surface area contributed by atoms with Crippen molar-refractivity contribution in [2.75, 3.05) is 19.6 Å². The van der Waals surface area contributed by atoms with Gasteiger partial charge in [-0.3, -0.25) is 4.90 Å². The van der Waals surface area contributed by atoms with Crippen LogP contribution in [-0.2, 0) is 6.54 Å². The van der Waals surface area contributed by atoms with Gasteiger partial charge in [-0.25, -0.2) is 0 Å². The number of nitrogens with one attached hydrogen (secondary N) is 1. The molecular weight excluding hydrogens is 292 g/mol. The third-order valence-corrected chi connectivity index (χ3v) is 4.55. The van der Waals surface area contributed by atoms with E-state index < -0.39 is 6.23 Å². The van der Waals surface area contributed by atoms with Gasteiger partial charge in [0.25, 0.3) is 0 Å². The van der Waals surface area contributed by atoms with E-state index in [-0.39, 0.29) is 0 Å². The molecular formula is C14H19BrN2O. The number of rotatable bonds is 2. The summed E-state index contributed by atoms with van der Waals surface area (Å²) < 4.78 is 1.05. The second kappa shape index (κ2) is 5.29. The van der Waals surface area contributed by atoms with Gasteiger partial charge in [0.2, 0.25) is 0 Å². The highest BCUT2D eigenvalue weighted by molar-refractivity contribution is 9.10. The first-order chi connectivity index (χ1) is 8.74. The van der Waals surface area contributed by atoms with E-state index in [9.17, 15) is 5.11 Å². The van der Waals surface area contributed by atoms with Crippen molar-refractivity contribution in [3.8, 4) is 0 Å². The van der Waals surface area contributed by atoms with Crippen LogP contribution in [0.15, 0.2) is 22.7 Å². The Labute approximate surface area is 116 Å². The molecule has 4 heteroatoms. The third-order valence-electron chi connectivity index (χ3n) is 4.06. The lowest BCUT2D eigenvalue weighted by atomic mass is 9.97. The van der Waals surface area contributed by atoms with E-state index in [4.69, 9.17) is 0 Å². The minimum atomic E-state index is -0.424. The number of nitrogens with zero attached hydrogens (tertiary/aromatic N) is 1. The molecule has 2 aliphatic heterocycles. The van der Waals surface area contributed by atoms with Crippen LogP contribution in [0.2, 0.25) is 0 Å². The fourth-order valence-electron chi connectivity index (χ4n) is 3.01. The number of aliphatic hydroxyl groups excluding tert-OH is 1. The predicted molar refractivity (Wildman–Crippen MR) is 75.1 cm³/mol. The van der Waals surface area contributed by atoms with Crippen molar-refractivity contribution in [1.82, 2.24) is 10.2 Å². The molecule has 1 unspecified atom stereocenters. The van der Waals surface area contributed by atoms with Crippen LogP contribution in [0.25, 0.3) is 0 Å². The zero-order chi connectivity index (χ0) is 12.5. The lowest BCUT2D eigenvalue weighted by Gasteiger charge is -2.29. The molecule has 0 saturated carbocycles. The quantitative estimate of drug-likeness (QED) is 0.879. The third kappa shape index (κ3) is 2.48. The van der Waals surface area contributed by atoms with Gasteiger partial charge in [-0.2, -0.15) is 0 Å². The van der Waals surface area contributed by atoms with Crippen molar-refractivity contribution in [3.63, 3.8) is 0 Å². The van der Waals surface area contributed by atoms with Crippen molar-refractivity contribution in [1.29, 1.82) is 0 Å². The fraction of sp³-hybridized carbons (Fsp3) is 0.571. The van der Waals surface area contributed by atoms with Gasteiger partial charge >= 0.3 is 0 Å². The molecule has 3 nitrogen and oxygen atoms in total. The Morgan fingerprint density at radius 1 is 1.33 bits per heavy atom. The van der Waals surface area contributed by atoms with E-state index in [1.807, 2.05) is 6.07 Å². The molecule has 98 valence electrons. The smallest absolute Gasteiger partial charge is 0.134 e. The number of fused-ring (bicyclic) bond motifs is 1. The zero-order valence-electron chi connectivity index (χ0n) is 10.4. The summed E-state index contributed by atoms with van der Waals surface area (Å²) in [4.78, 5) is 2.20. The van der Waals surface area contributed by atoms with Crippen LogP contribution in [0, 0.1) is 5.92 Å². The van der Waals surface area contributed by atoms with Gasteiger partial charge in [0.15, 0.2) is 0 Å². The molecule has 1 saturated heterocycles. The highest BCUT2D eigenvalue weighted by Crippen LogP contribution is 2.34. The first-order valence-corrected chi connectivity index (χ1v) is 7.44. The van der Waals surface area contributed by atoms with Gasteiger partial charge in [-0.15, -0.1) is 0 Å². The molecule has 0 radical (unpaired) electrons. The van der Waals surface area contributed by atoms with E-state index in [2.05, 4.69) is 38.3 Å². The molecule has 0 amide bonds. The molecule has 1 aromatic rings. The molecule has 18 heavy (non-hydrogen) atoms. The van der Waals surface area contributed by atoms with Gasteiger partial charge in [0.05, 0.1) is 0 Å². The van der Waals surface area contributed by atoms with Crippen LogP contribution in [0.3, 0.4) is 0 Å². The van der Waals surface area contributed by atoms with Crippen LogP contribution in [0.1, 0.15) is 30.2 Å². The molecule has 0 aromatic heterocycles. The average molecular weight is 311 g/mol. The maximum atomic E-state index is 10.4. The predicted octanol–water partition coefficient (Wildman–Crippen LogP) is 2.26. The number of hydrogen-bond acceptors (Lipinski definition) is 3. The van der Waals surface area contributed by atoms with E-state index >= 15 is 0 Å². The standard InChI is InChI=1S/C14H19BrN2O/c15-12-2-1-11-9-17(14(18)13(11)7-12)8-10-3-5-16-6-4-10/h1-2,7,10,14,16,18H,3-6,8-9H2. The van der Waals surface area contributed by atoms with Crippen molar-refractivity contribution in [2.24, 2.45) is 5.92 Å². The highest BCUT2D eigenvalue weighted by atomic mass is 79.9. The van der Waals surface area contributed by atoms with Crippen LogP contribution < -0.4 is 5.32 Å². The van der Waals surface area contributed by atoms with Gasteiger partial charge in [-0.05, 0) is 49.5 Å². The molecule has 1 fully saturated rings. The Morgan fingerprint density at radius 3 is 2.89 bits per heavy atom. The minimum Gasteiger partial charge on any atom is -0.374 e. The van der Waals surface area contributed by atoms with E-state index in [1.165, 1.54) is 18.4 Å². The van der Waals surface area contributed by atoms with Crippen molar-refractivity contribution in [2.45, 2.75) is 25.6 Å². The maximum Gasteiger partial charge on any atom is 0.134 e. The Morgan fingerprint density at radius 2 is 2.11 bits per heavy atom. The maximum absolute atomic E-state index is 10.4. The molecule has 3 rings (SSSR count). The molecule has 0 spiro atoms. The van der Waals surface area contributed by atoms with Crippen LogP contribution in [0.4, 0.5) is 0 Å². The Balaban J connectivity index is 1.69. The number of hydrogen-bond donors (Lipinski definition) is 2. The van der Waals surface area contributed by atoms with Gasteiger partial charge in [-0.1, -0.05) is 22.0 Å². The molecule has 2 aliphatic rings. The Kier molecular flexibility index (Phi) is 3.71. The minimum absolute atomic E-state index is 0.424. The second-order valence-corrected chi connectivity index (χ2v) is 6.26. The van der Waals surface area contributed by atoms with Crippen molar-refractivity contribution < 1.29 is 5.11 Å². The van der Waals surface area contributed by atoms with Crippen LogP contribution in [-0.4, -0.2) is 29.6 Å². The lowest BCUT2D eigenvalue weighted by Crippen LogP contribution is -2.35. The Hall–Kier alpha value is -0.420. The first kappa shape index (κ1) is 12.6. The van der Waals surface area contributed by atoms with Crippen molar-refractivity contribution >= 4 is 15.9 Å². The van der Waals surface area contributed by atoms with E-state index in [1.54, 1.807) is 0 Å².